The lowest BCUT2D eigenvalue weighted by Crippen LogP contribution is -2.51. The summed E-state index contributed by atoms with van der Waals surface area (Å²) in [5.41, 5.74) is 2.93. The zero-order valence-electron chi connectivity index (χ0n) is 11.0. The van der Waals surface area contributed by atoms with Crippen LogP contribution in [0.15, 0.2) is 30.3 Å². The molecule has 1 saturated heterocycles. The first-order chi connectivity index (χ1) is 9.24. The summed E-state index contributed by atoms with van der Waals surface area (Å²) in [6, 6.07) is 8.59. The quantitative estimate of drug-likeness (QED) is 0.837. The number of carbonyl (C=O) groups excluding carboxylic acids is 2. The lowest BCUT2D eigenvalue weighted by molar-refractivity contribution is -0.137. The normalized spacial score (nSPS) is 19.0. The predicted molar refractivity (Wildman–Crippen MR) is 70.3 cm³/mol. The Morgan fingerprint density at radius 3 is 2.68 bits per heavy atom. The molecule has 1 heterocycles. The highest BCUT2D eigenvalue weighted by Gasteiger charge is 2.32. The summed E-state index contributed by atoms with van der Waals surface area (Å²) in [6.45, 7) is 0.607. The van der Waals surface area contributed by atoms with Gasteiger partial charge in [-0.1, -0.05) is 18.2 Å². The van der Waals surface area contributed by atoms with Crippen LogP contribution >= 0.6 is 0 Å². The molecule has 5 nitrogen and oxygen atoms in total. The largest absolute Gasteiger partial charge is 0.327 e. The van der Waals surface area contributed by atoms with Crippen molar-refractivity contribution in [2.24, 2.45) is 0 Å². The van der Waals surface area contributed by atoms with Crippen molar-refractivity contribution in [3.05, 3.63) is 35.9 Å². The van der Waals surface area contributed by atoms with E-state index in [0.717, 1.165) is 12.8 Å². The van der Waals surface area contributed by atoms with E-state index >= 15 is 0 Å². The molecule has 0 bridgehead atoms. The first kappa shape index (κ1) is 13.5. The van der Waals surface area contributed by atoms with Crippen LogP contribution in [0.4, 0.5) is 0 Å². The van der Waals surface area contributed by atoms with E-state index in [-0.39, 0.29) is 11.8 Å². The van der Waals surface area contributed by atoms with Gasteiger partial charge in [0.2, 0.25) is 0 Å². The summed E-state index contributed by atoms with van der Waals surface area (Å²) in [6.07, 6.45) is 2.55. The minimum atomic E-state index is -0.443. The molecule has 0 spiro atoms. The molecular weight excluding hydrogens is 244 g/mol. The van der Waals surface area contributed by atoms with Gasteiger partial charge in [-0.05, 0) is 31.4 Å². The number of benzene rings is 1. The fraction of sp³-hybridized carbons (Fsp3) is 0.429. The number of carbonyl (C=O) groups is 2. The zero-order valence-corrected chi connectivity index (χ0v) is 11.0. The third kappa shape index (κ3) is 3.12. The molecule has 2 amide bonds. The fourth-order valence-electron chi connectivity index (χ4n) is 2.36. The van der Waals surface area contributed by atoms with Crippen molar-refractivity contribution in [3.63, 3.8) is 0 Å². The number of hydrogen-bond donors (Lipinski definition) is 1. The van der Waals surface area contributed by atoms with Crippen LogP contribution in [0.5, 0.6) is 0 Å². The number of likely N-dealkylation sites (tertiary alicyclic amines) is 1. The Morgan fingerprint density at radius 1 is 1.26 bits per heavy atom. The summed E-state index contributed by atoms with van der Waals surface area (Å²) in [5.74, 6) is -0.358. The number of hydrogen-bond acceptors (Lipinski definition) is 3. The molecule has 0 aliphatic carbocycles. The molecule has 0 aromatic heterocycles. The minimum absolute atomic E-state index is 0.100. The molecule has 0 saturated carbocycles. The molecular formula is C14H18N2O3. The first-order valence-corrected chi connectivity index (χ1v) is 6.43. The van der Waals surface area contributed by atoms with Gasteiger partial charge >= 0.3 is 0 Å². The predicted octanol–water partition coefficient (Wildman–Crippen LogP) is 1.36. The molecule has 1 aliphatic heterocycles. The molecule has 1 N–H and O–H groups in total. The van der Waals surface area contributed by atoms with Crippen LogP contribution in [-0.2, 0) is 9.63 Å². The van der Waals surface area contributed by atoms with Crippen molar-refractivity contribution in [3.8, 4) is 0 Å². The molecule has 5 heteroatoms. The van der Waals surface area contributed by atoms with Crippen LogP contribution in [0.25, 0.3) is 0 Å². The second kappa shape index (κ2) is 6.33. The van der Waals surface area contributed by atoms with Gasteiger partial charge in [0.05, 0.1) is 7.11 Å². The highest BCUT2D eigenvalue weighted by atomic mass is 16.6. The summed E-state index contributed by atoms with van der Waals surface area (Å²) < 4.78 is 0. The van der Waals surface area contributed by atoms with Gasteiger partial charge < -0.3 is 4.90 Å². The summed E-state index contributed by atoms with van der Waals surface area (Å²) in [7, 11) is 1.39. The second-order valence-electron chi connectivity index (χ2n) is 4.55. The standard InChI is InChI=1S/C14H18N2O3/c1-19-15-13(17)12-9-5-6-10-16(12)14(18)11-7-3-2-4-8-11/h2-4,7-8,12H,5-6,9-10H2,1H3,(H,15,17). The maximum atomic E-state index is 12.4. The van der Waals surface area contributed by atoms with E-state index in [9.17, 15) is 9.59 Å². The Morgan fingerprint density at radius 2 is 2.00 bits per heavy atom. The lowest BCUT2D eigenvalue weighted by atomic mass is 10.0. The van der Waals surface area contributed by atoms with E-state index in [1.807, 2.05) is 18.2 Å². The summed E-state index contributed by atoms with van der Waals surface area (Å²) in [4.78, 5) is 30.6. The van der Waals surface area contributed by atoms with Crippen molar-refractivity contribution in [2.75, 3.05) is 13.7 Å². The van der Waals surface area contributed by atoms with E-state index in [4.69, 9.17) is 0 Å². The van der Waals surface area contributed by atoms with E-state index in [1.54, 1.807) is 17.0 Å². The molecule has 102 valence electrons. The van der Waals surface area contributed by atoms with Crippen LogP contribution in [0.2, 0.25) is 0 Å². The van der Waals surface area contributed by atoms with Gasteiger partial charge in [0.1, 0.15) is 6.04 Å². The Labute approximate surface area is 112 Å². The molecule has 1 unspecified atom stereocenters. The molecule has 2 rings (SSSR count). The molecule has 1 fully saturated rings. The maximum Gasteiger partial charge on any atom is 0.266 e. The maximum absolute atomic E-state index is 12.4. The second-order valence-corrected chi connectivity index (χ2v) is 4.55. The fourth-order valence-corrected chi connectivity index (χ4v) is 2.36. The number of rotatable bonds is 3. The number of piperidine rings is 1. The van der Waals surface area contributed by atoms with Gasteiger partial charge in [-0.25, -0.2) is 5.48 Å². The third-order valence-electron chi connectivity index (χ3n) is 3.29. The molecule has 1 aromatic carbocycles. The van der Waals surface area contributed by atoms with Crippen LogP contribution in [-0.4, -0.2) is 36.4 Å². The van der Waals surface area contributed by atoms with E-state index in [0.29, 0.717) is 18.5 Å². The van der Waals surface area contributed by atoms with Crippen LogP contribution in [0.3, 0.4) is 0 Å². The van der Waals surface area contributed by atoms with Crippen molar-refractivity contribution in [1.82, 2.24) is 10.4 Å². The number of nitrogens with zero attached hydrogens (tertiary/aromatic N) is 1. The molecule has 19 heavy (non-hydrogen) atoms. The Bertz CT molecular complexity index is 447. The smallest absolute Gasteiger partial charge is 0.266 e. The minimum Gasteiger partial charge on any atom is -0.327 e. The first-order valence-electron chi connectivity index (χ1n) is 6.43. The molecule has 1 aromatic rings. The number of nitrogens with one attached hydrogen (secondary N) is 1. The third-order valence-corrected chi connectivity index (χ3v) is 3.29. The summed E-state index contributed by atoms with van der Waals surface area (Å²) in [5, 5.41) is 0. The van der Waals surface area contributed by atoms with Gasteiger partial charge in [-0.2, -0.15) is 0 Å². The van der Waals surface area contributed by atoms with Gasteiger partial charge in [0.25, 0.3) is 11.8 Å². The SMILES string of the molecule is CONC(=O)C1CCCCN1C(=O)c1ccccc1. The van der Waals surface area contributed by atoms with Gasteiger partial charge in [-0.3, -0.25) is 14.4 Å². The van der Waals surface area contributed by atoms with Crippen LogP contribution in [0.1, 0.15) is 29.6 Å². The van der Waals surface area contributed by atoms with Crippen LogP contribution < -0.4 is 5.48 Å². The summed E-state index contributed by atoms with van der Waals surface area (Å²) >= 11 is 0. The van der Waals surface area contributed by atoms with Crippen LogP contribution in [0, 0.1) is 0 Å². The molecule has 1 atom stereocenters. The Hall–Kier alpha value is -1.88. The van der Waals surface area contributed by atoms with Crippen molar-refractivity contribution in [1.29, 1.82) is 0 Å². The van der Waals surface area contributed by atoms with Gasteiger partial charge in [0, 0.05) is 12.1 Å². The lowest BCUT2D eigenvalue weighted by Gasteiger charge is -2.34. The Balaban J connectivity index is 2.15. The van der Waals surface area contributed by atoms with E-state index in [1.165, 1.54) is 7.11 Å². The Kier molecular flexibility index (Phi) is 4.52. The molecule has 0 radical (unpaired) electrons. The highest BCUT2D eigenvalue weighted by Crippen LogP contribution is 2.19. The number of amides is 2. The number of hydroxylamine groups is 1. The average Bonchev–Trinajstić information content (AvgIpc) is 2.47. The monoisotopic (exact) mass is 262 g/mol. The zero-order chi connectivity index (χ0) is 13.7. The van der Waals surface area contributed by atoms with E-state index < -0.39 is 6.04 Å². The van der Waals surface area contributed by atoms with Gasteiger partial charge in [-0.15, -0.1) is 0 Å². The van der Waals surface area contributed by atoms with Crippen molar-refractivity contribution < 1.29 is 14.4 Å². The van der Waals surface area contributed by atoms with Crippen molar-refractivity contribution >= 4 is 11.8 Å². The van der Waals surface area contributed by atoms with Gasteiger partial charge in [0.15, 0.2) is 0 Å². The topological polar surface area (TPSA) is 58.6 Å². The van der Waals surface area contributed by atoms with E-state index in [2.05, 4.69) is 10.3 Å². The van der Waals surface area contributed by atoms with Crippen molar-refractivity contribution in [2.45, 2.75) is 25.3 Å². The molecule has 1 aliphatic rings. The highest BCUT2D eigenvalue weighted by molar-refractivity contribution is 5.97. The average molecular weight is 262 g/mol.